The third-order valence-electron chi connectivity index (χ3n) is 8.81. The fourth-order valence-electron chi connectivity index (χ4n) is 5.99. The summed E-state index contributed by atoms with van der Waals surface area (Å²) in [4.78, 5) is 0. The molecule has 3 heteroatoms. The molecule has 200 valence electrons. The number of benzene rings is 5. The summed E-state index contributed by atoms with van der Waals surface area (Å²) in [5.74, 6) is 2.83. The van der Waals surface area contributed by atoms with Crippen LogP contribution in [0.2, 0.25) is 0 Å². The van der Waals surface area contributed by atoms with Gasteiger partial charge in [-0.25, -0.2) is 0 Å². The highest BCUT2D eigenvalue weighted by molar-refractivity contribution is 6.11. The van der Waals surface area contributed by atoms with Gasteiger partial charge in [0.1, 0.15) is 0 Å². The average Bonchev–Trinajstić information content (AvgIpc) is 3.47. The molecule has 0 amide bonds. The zero-order valence-corrected chi connectivity index (χ0v) is 24.2. The van der Waals surface area contributed by atoms with Crippen molar-refractivity contribution in [3.8, 4) is 34.0 Å². The van der Waals surface area contributed by atoms with E-state index in [4.69, 9.17) is 4.42 Å². The molecule has 0 saturated heterocycles. The van der Waals surface area contributed by atoms with Gasteiger partial charge < -0.3 is 4.42 Å². The molecule has 0 fully saturated rings. The SMILES string of the molecule is Cc1ccc2ccccc2c1-c1c(C)cc(-c2nnc(-c3ccc(C(C)C(C)C(C)C)cc3)o2)c2ccccc12. The van der Waals surface area contributed by atoms with Gasteiger partial charge in [-0.1, -0.05) is 100 Å². The topological polar surface area (TPSA) is 38.9 Å². The number of hydrogen-bond acceptors (Lipinski definition) is 3. The van der Waals surface area contributed by atoms with E-state index >= 15 is 0 Å². The van der Waals surface area contributed by atoms with Gasteiger partial charge in [0.25, 0.3) is 0 Å². The van der Waals surface area contributed by atoms with Crippen molar-refractivity contribution in [2.75, 3.05) is 0 Å². The summed E-state index contributed by atoms with van der Waals surface area (Å²) in [5.41, 5.74) is 8.23. The van der Waals surface area contributed by atoms with Gasteiger partial charge in [-0.05, 0) is 99.2 Å². The van der Waals surface area contributed by atoms with Crippen LogP contribution in [0, 0.1) is 25.7 Å². The zero-order valence-electron chi connectivity index (χ0n) is 24.2. The fraction of sp³-hybridized carbons (Fsp3) is 0.243. The molecule has 0 saturated carbocycles. The molecule has 2 unspecified atom stereocenters. The largest absolute Gasteiger partial charge is 0.416 e. The predicted molar refractivity (Wildman–Crippen MR) is 168 cm³/mol. The number of fused-ring (bicyclic) bond motifs is 2. The Hall–Kier alpha value is -4.24. The third-order valence-corrected chi connectivity index (χ3v) is 8.81. The minimum Gasteiger partial charge on any atom is -0.416 e. The molecule has 1 heterocycles. The van der Waals surface area contributed by atoms with Crippen LogP contribution in [0.3, 0.4) is 0 Å². The Morgan fingerprint density at radius 3 is 1.95 bits per heavy atom. The van der Waals surface area contributed by atoms with E-state index in [0.29, 0.717) is 29.5 Å². The molecule has 40 heavy (non-hydrogen) atoms. The zero-order chi connectivity index (χ0) is 28.0. The van der Waals surface area contributed by atoms with E-state index in [1.165, 1.54) is 44.0 Å². The molecule has 6 aromatic rings. The summed E-state index contributed by atoms with van der Waals surface area (Å²) in [7, 11) is 0. The maximum absolute atomic E-state index is 6.32. The van der Waals surface area contributed by atoms with Crippen molar-refractivity contribution in [3.63, 3.8) is 0 Å². The molecular formula is C37H36N2O. The Labute approximate surface area is 236 Å². The van der Waals surface area contributed by atoms with Crippen LogP contribution in [0.15, 0.2) is 95.4 Å². The van der Waals surface area contributed by atoms with Crippen molar-refractivity contribution in [1.82, 2.24) is 10.2 Å². The number of nitrogens with zero attached hydrogens (tertiary/aromatic N) is 2. The van der Waals surface area contributed by atoms with Gasteiger partial charge in [0.15, 0.2) is 0 Å². The average molecular weight is 525 g/mol. The van der Waals surface area contributed by atoms with E-state index in [0.717, 1.165) is 16.5 Å². The molecular weight excluding hydrogens is 488 g/mol. The highest BCUT2D eigenvalue weighted by Gasteiger charge is 2.21. The molecule has 0 N–H and O–H groups in total. The van der Waals surface area contributed by atoms with E-state index in [1.54, 1.807) is 0 Å². The van der Waals surface area contributed by atoms with Crippen LogP contribution in [0.25, 0.3) is 55.6 Å². The molecule has 0 spiro atoms. The summed E-state index contributed by atoms with van der Waals surface area (Å²) in [6.45, 7) is 13.6. The fourth-order valence-corrected chi connectivity index (χ4v) is 5.99. The summed E-state index contributed by atoms with van der Waals surface area (Å²) >= 11 is 0. The van der Waals surface area contributed by atoms with E-state index in [2.05, 4.69) is 143 Å². The minimum atomic E-state index is 0.491. The Balaban J connectivity index is 1.43. The summed E-state index contributed by atoms with van der Waals surface area (Å²) < 4.78 is 6.32. The van der Waals surface area contributed by atoms with Crippen LogP contribution in [-0.4, -0.2) is 10.2 Å². The van der Waals surface area contributed by atoms with E-state index in [9.17, 15) is 0 Å². The van der Waals surface area contributed by atoms with Crippen molar-refractivity contribution >= 4 is 21.5 Å². The molecule has 0 aliphatic rings. The smallest absolute Gasteiger partial charge is 0.248 e. The standard InChI is InChI=1S/C37H36N2O/c1-22(2)25(5)26(6)27-17-19-29(20-18-27)36-38-39-37(40-36)33-21-24(4)35(32-14-10-9-13-31(32)33)34-23(3)15-16-28-11-7-8-12-30(28)34/h7-22,25-26H,1-6H3. The van der Waals surface area contributed by atoms with Crippen molar-refractivity contribution in [1.29, 1.82) is 0 Å². The second-order valence-electron chi connectivity index (χ2n) is 11.6. The van der Waals surface area contributed by atoms with Gasteiger partial charge in [0.2, 0.25) is 11.8 Å². The molecule has 0 aliphatic heterocycles. The Morgan fingerprint density at radius 2 is 1.23 bits per heavy atom. The number of hydrogen-bond donors (Lipinski definition) is 0. The molecule has 0 radical (unpaired) electrons. The number of aryl methyl sites for hydroxylation is 2. The van der Waals surface area contributed by atoms with Crippen molar-refractivity contribution in [2.24, 2.45) is 11.8 Å². The van der Waals surface area contributed by atoms with Gasteiger partial charge in [-0.2, -0.15) is 0 Å². The highest BCUT2D eigenvalue weighted by atomic mass is 16.4. The predicted octanol–water partition coefficient (Wildman–Crippen LogP) is 10.4. The monoisotopic (exact) mass is 524 g/mol. The highest BCUT2D eigenvalue weighted by Crippen LogP contribution is 2.42. The van der Waals surface area contributed by atoms with E-state index in [-0.39, 0.29) is 0 Å². The van der Waals surface area contributed by atoms with Crippen LogP contribution >= 0.6 is 0 Å². The van der Waals surface area contributed by atoms with Crippen molar-refractivity contribution in [2.45, 2.75) is 47.5 Å². The van der Waals surface area contributed by atoms with Gasteiger partial charge in [-0.15, -0.1) is 10.2 Å². The summed E-state index contributed by atoms with van der Waals surface area (Å²) in [6, 6.07) is 32.4. The normalized spacial score (nSPS) is 13.3. The molecule has 6 rings (SSSR count). The maximum atomic E-state index is 6.32. The second kappa shape index (κ2) is 10.4. The van der Waals surface area contributed by atoms with Crippen LogP contribution < -0.4 is 0 Å². The molecule has 2 atom stereocenters. The lowest BCUT2D eigenvalue weighted by molar-refractivity contribution is 0.362. The van der Waals surface area contributed by atoms with Crippen molar-refractivity contribution < 1.29 is 4.42 Å². The number of aromatic nitrogens is 2. The lowest BCUT2D eigenvalue weighted by Gasteiger charge is -2.23. The minimum absolute atomic E-state index is 0.491. The third kappa shape index (κ3) is 4.50. The van der Waals surface area contributed by atoms with Crippen LogP contribution in [0.4, 0.5) is 0 Å². The Bertz CT molecular complexity index is 1830. The molecule has 5 aromatic carbocycles. The van der Waals surface area contributed by atoms with Gasteiger partial charge in [0.05, 0.1) is 0 Å². The van der Waals surface area contributed by atoms with Gasteiger partial charge in [-0.3, -0.25) is 0 Å². The molecule has 3 nitrogen and oxygen atoms in total. The Kier molecular flexibility index (Phi) is 6.75. The first-order chi connectivity index (χ1) is 19.3. The molecule has 0 aliphatic carbocycles. The lowest BCUT2D eigenvalue weighted by atomic mass is 9.82. The summed E-state index contributed by atoms with van der Waals surface area (Å²) in [5, 5.41) is 13.8. The first-order valence-corrected chi connectivity index (χ1v) is 14.3. The van der Waals surface area contributed by atoms with E-state index < -0.39 is 0 Å². The quantitative estimate of drug-likeness (QED) is 0.217. The summed E-state index contributed by atoms with van der Waals surface area (Å²) in [6.07, 6.45) is 0. The molecule has 0 bridgehead atoms. The first-order valence-electron chi connectivity index (χ1n) is 14.3. The van der Waals surface area contributed by atoms with E-state index in [1.807, 2.05) is 0 Å². The molecule has 1 aromatic heterocycles. The number of rotatable bonds is 6. The van der Waals surface area contributed by atoms with Crippen LogP contribution in [0.5, 0.6) is 0 Å². The van der Waals surface area contributed by atoms with Crippen LogP contribution in [-0.2, 0) is 0 Å². The van der Waals surface area contributed by atoms with Crippen molar-refractivity contribution in [3.05, 3.63) is 108 Å². The second-order valence-corrected chi connectivity index (χ2v) is 11.6. The maximum Gasteiger partial charge on any atom is 0.248 e. The van der Waals surface area contributed by atoms with Gasteiger partial charge in [0, 0.05) is 11.1 Å². The Morgan fingerprint density at radius 1 is 0.600 bits per heavy atom. The van der Waals surface area contributed by atoms with Gasteiger partial charge >= 0.3 is 0 Å². The first kappa shape index (κ1) is 26.0. The van der Waals surface area contributed by atoms with Crippen LogP contribution in [0.1, 0.15) is 50.3 Å². The lowest BCUT2D eigenvalue weighted by Crippen LogP contribution is -2.12.